The Kier molecular flexibility index (Phi) is 7.33. The minimum absolute atomic E-state index is 0.0122. The molecule has 2 aliphatic heterocycles. The fourth-order valence-corrected chi connectivity index (χ4v) is 3.69. The van der Waals surface area contributed by atoms with Gasteiger partial charge < -0.3 is 15.0 Å². The molecule has 15 heteroatoms. The van der Waals surface area contributed by atoms with Gasteiger partial charge >= 0.3 is 12.5 Å². The molecule has 0 bridgehead atoms. The molecule has 3 heterocycles. The second-order valence-electron chi connectivity index (χ2n) is 7.76. The minimum atomic E-state index is -3.17. The second-order valence-corrected chi connectivity index (χ2v) is 7.76. The Morgan fingerprint density at radius 3 is 2.80 bits per heavy atom. The van der Waals surface area contributed by atoms with Gasteiger partial charge in [0.15, 0.2) is 0 Å². The first-order valence-corrected chi connectivity index (χ1v) is 10.7. The lowest BCUT2D eigenvalue weighted by molar-refractivity contribution is -0.181. The van der Waals surface area contributed by atoms with Crippen LogP contribution in [0.25, 0.3) is 0 Å². The third-order valence-electron chi connectivity index (χ3n) is 5.42. The van der Waals surface area contributed by atoms with Crippen LogP contribution >= 0.6 is 0 Å². The lowest BCUT2D eigenvalue weighted by Gasteiger charge is -2.24. The van der Waals surface area contributed by atoms with Gasteiger partial charge in [-0.3, -0.25) is 24.4 Å². The second kappa shape index (κ2) is 10.6. The molecule has 2 fully saturated rings. The standard InChI is InChI=1S/C20H22F3N7O5/c21-15-8-13(29-11-14(35-20(29)33)10-24-19(32)18(22)23)1-2-16(15)28-3-4-30(34-6-5-28)17(31)7-12-9-25-27-26-12/h1-2,8-9,14,18H,3-7,10-11H2,(H,24,32)(H,25,26,27)/t14-/m0/s1. The third-order valence-corrected chi connectivity index (χ3v) is 5.42. The third kappa shape index (κ3) is 5.79. The van der Waals surface area contributed by atoms with Crippen LogP contribution in [0.4, 0.5) is 29.3 Å². The van der Waals surface area contributed by atoms with E-state index in [1.165, 1.54) is 23.4 Å². The van der Waals surface area contributed by atoms with Crippen molar-refractivity contribution in [2.45, 2.75) is 19.0 Å². The van der Waals surface area contributed by atoms with Crippen molar-refractivity contribution in [2.24, 2.45) is 0 Å². The summed E-state index contributed by atoms with van der Waals surface area (Å²) >= 11 is 0. The van der Waals surface area contributed by atoms with Crippen LogP contribution in [0.3, 0.4) is 0 Å². The highest BCUT2D eigenvalue weighted by Gasteiger charge is 2.33. The van der Waals surface area contributed by atoms with E-state index in [2.05, 4.69) is 15.4 Å². The van der Waals surface area contributed by atoms with E-state index in [1.54, 1.807) is 4.90 Å². The number of aromatic nitrogens is 3. The fourth-order valence-electron chi connectivity index (χ4n) is 3.69. The number of alkyl halides is 2. The molecule has 0 aliphatic carbocycles. The molecule has 2 N–H and O–H groups in total. The maximum Gasteiger partial charge on any atom is 0.414 e. The molecule has 0 radical (unpaired) electrons. The maximum absolute atomic E-state index is 15.0. The van der Waals surface area contributed by atoms with Crippen molar-refractivity contribution in [1.29, 1.82) is 0 Å². The van der Waals surface area contributed by atoms with Crippen molar-refractivity contribution in [1.82, 2.24) is 25.8 Å². The van der Waals surface area contributed by atoms with Crippen LogP contribution < -0.4 is 15.1 Å². The van der Waals surface area contributed by atoms with Crippen molar-refractivity contribution in [3.8, 4) is 0 Å². The molecule has 1 atom stereocenters. The molecule has 12 nitrogen and oxygen atoms in total. The molecule has 35 heavy (non-hydrogen) atoms. The Morgan fingerprint density at radius 1 is 1.26 bits per heavy atom. The van der Waals surface area contributed by atoms with Gasteiger partial charge in [-0.05, 0) is 18.2 Å². The first-order chi connectivity index (χ1) is 16.8. The number of nitrogens with zero attached hydrogens (tertiary/aromatic N) is 5. The van der Waals surface area contributed by atoms with E-state index in [0.29, 0.717) is 18.8 Å². The number of hydrogen-bond donors (Lipinski definition) is 2. The molecule has 3 amide bonds. The van der Waals surface area contributed by atoms with Crippen molar-refractivity contribution < 1.29 is 37.1 Å². The number of carbonyl (C=O) groups excluding carboxylic acids is 3. The molecular weight excluding hydrogens is 475 g/mol. The summed E-state index contributed by atoms with van der Waals surface area (Å²) in [7, 11) is 0. The lowest BCUT2D eigenvalue weighted by atomic mass is 10.2. The molecule has 0 spiro atoms. The van der Waals surface area contributed by atoms with Crippen molar-refractivity contribution in [3.05, 3.63) is 35.9 Å². The summed E-state index contributed by atoms with van der Waals surface area (Å²) in [5, 5.41) is 13.1. The van der Waals surface area contributed by atoms with Crippen LogP contribution in [0.2, 0.25) is 0 Å². The number of anilines is 2. The van der Waals surface area contributed by atoms with E-state index < -0.39 is 30.3 Å². The number of hydroxylamine groups is 2. The highest BCUT2D eigenvalue weighted by Crippen LogP contribution is 2.28. The average molecular weight is 497 g/mol. The van der Waals surface area contributed by atoms with Crippen molar-refractivity contribution in [2.75, 3.05) is 49.1 Å². The highest BCUT2D eigenvalue weighted by molar-refractivity contribution is 5.90. The van der Waals surface area contributed by atoms with Crippen molar-refractivity contribution >= 4 is 29.3 Å². The number of benzene rings is 1. The van der Waals surface area contributed by atoms with E-state index in [1.807, 2.05) is 5.32 Å². The number of H-pyrrole nitrogens is 1. The minimum Gasteiger partial charge on any atom is -0.442 e. The maximum atomic E-state index is 15.0. The van der Waals surface area contributed by atoms with Gasteiger partial charge in [-0.25, -0.2) is 14.2 Å². The molecule has 0 saturated carbocycles. The molecule has 2 saturated heterocycles. The van der Waals surface area contributed by atoms with E-state index in [9.17, 15) is 27.6 Å². The van der Waals surface area contributed by atoms with E-state index >= 15 is 0 Å². The first kappa shape index (κ1) is 24.3. The number of halogens is 3. The molecule has 2 aliphatic rings. The molecule has 0 unspecified atom stereocenters. The Balaban J connectivity index is 1.35. The topological polar surface area (TPSA) is 133 Å². The number of amides is 3. The van der Waals surface area contributed by atoms with Crippen LogP contribution in [0, 0.1) is 5.82 Å². The van der Waals surface area contributed by atoms with Gasteiger partial charge in [-0.2, -0.15) is 8.78 Å². The van der Waals surface area contributed by atoms with E-state index in [-0.39, 0.29) is 49.9 Å². The van der Waals surface area contributed by atoms with E-state index in [0.717, 1.165) is 11.0 Å². The van der Waals surface area contributed by atoms with Gasteiger partial charge in [0, 0.05) is 19.3 Å². The molecule has 4 rings (SSSR count). The number of cyclic esters (lactones) is 1. The van der Waals surface area contributed by atoms with Crippen LogP contribution in [0.15, 0.2) is 24.4 Å². The number of aromatic amines is 1. The highest BCUT2D eigenvalue weighted by atomic mass is 19.3. The largest absolute Gasteiger partial charge is 0.442 e. The monoisotopic (exact) mass is 497 g/mol. The predicted octanol–water partition coefficient (Wildman–Crippen LogP) is 0.473. The summed E-state index contributed by atoms with van der Waals surface area (Å²) < 4.78 is 44.7. The van der Waals surface area contributed by atoms with Gasteiger partial charge in [0.2, 0.25) is 0 Å². The van der Waals surface area contributed by atoms with Gasteiger partial charge in [0.1, 0.15) is 11.9 Å². The van der Waals surface area contributed by atoms with Gasteiger partial charge in [-0.15, -0.1) is 5.10 Å². The number of nitrogens with one attached hydrogen (secondary N) is 2. The summed E-state index contributed by atoms with van der Waals surface area (Å²) in [6, 6.07) is 4.19. The molecule has 2 aromatic rings. The smallest absolute Gasteiger partial charge is 0.414 e. The summed E-state index contributed by atoms with van der Waals surface area (Å²) in [4.78, 5) is 44.0. The Labute approximate surface area is 196 Å². The lowest BCUT2D eigenvalue weighted by Crippen LogP contribution is -2.37. The van der Waals surface area contributed by atoms with Crippen LogP contribution in [0.1, 0.15) is 5.69 Å². The number of carbonyl (C=O) groups is 3. The summed E-state index contributed by atoms with van der Waals surface area (Å²) in [5.74, 6) is -2.37. The zero-order valence-electron chi connectivity index (χ0n) is 18.3. The normalized spacial score (nSPS) is 18.6. The molecular formula is C20H22F3N7O5. The quantitative estimate of drug-likeness (QED) is 0.564. The fraction of sp³-hybridized carbons (Fsp3) is 0.450. The number of hydrogen-bond acceptors (Lipinski definition) is 8. The zero-order valence-corrected chi connectivity index (χ0v) is 18.3. The van der Waals surface area contributed by atoms with Crippen LogP contribution in [0.5, 0.6) is 0 Å². The van der Waals surface area contributed by atoms with E-state index in [4.69, 9.17) is 9.57 Å². The van der Waals surface area contributed by atoms with Gasteiger partial charge in [0.25, 0.3) is 11.8 Å². The van der Waals surface area contributed by atoms with Crippen LogP contribution in [-0.4, -0.2) is 90.2 Å². The summed E-state index contributed by atoms with van der Waals surface area (Å²) in [6.07, 6.45) is -3.28. The summed E-state index contributed by atoms with van der Waals surface area (Å²) in [6.45, 7) is 0.644. The predicted molar refractivity (Wildman–Crippen MR) is 113 cm³/mol. The molecule has 188 valence electrons. The molecule has 1 aromatic heterocycles. The number of rotatable bonds is 7. The molecule has 1 aromatic carbocycles. The van der Waals surface area contributed by atoms with Crippen molar-refractivity contribution in [3.63, 3.8) is 0 Å². The SMILES string of the molecule is O=C(NC[C@H]1CN(c2ccc(N3CCON(C(=O)Cc4c[nH]nn4)CC3)c(F)c2)C(=O)O1)C(F)F. The van der Waals surface area contributed by atoms with Gasteiger partial charge in [-0.1, -0.05) is 5.21 Å². The first-order valence-electron chi connectivity index (χ1n) is 10.7. The van der Waals surface area contributed by atoms with Crippen LogP contribution in [-0.2, 0) is 25.6 Å². The Morgan fingerprint density at radius 2 is 2.09 bits per heavy atom. The van der Waals surface area contributed by atoms with Gasteiger partial charge in [0.05, 0.1) is 49.7 Å². The zero-order chi connectivity index (χ0) is 24.9. The Bertz CT molecular complexity index is 1070. The Hall–Kier alpha value is -3.88. The number of ether oxygens (including phenoxy) is 1. The average Bonchev–Trinajstić information content (AvgIpc) is 3.39. The summed E-state index contributed by atoms with van der Waals surface area (Å²) in [5.41, 5.74) is 0.950.